The topological polar surface area (TPSA) is 65.5 Å². The number of aromatic nitrogens is 1. The Morgan fingerprint density at radius 1 is 1.35 bits per heavy atom. The second kappa shape index (κ2) is 8.76. The van der Waals surface area contributed by atoms with Crippen LogP contribution in [0.1, 0.15) is 37.2 Å². The van der Waals surface area contributed by atoms with Gasteiger partial charge in [0.1, 0.15) is 11.5 Å². The molecular weight excluding hydrogens is 278 g/mol. The maximum absolute atomic E-state index is 12.4. The van der Waals surface area contributed by atoms with E-state index in [1.54, 1.807) is 17.0 Å². The summed E-state index contributed by atoms with van der Waals surface area (Å²) in [6.07, 6.45) is 1.79. The minimum absolute atomic E-state index is 0.0723. The van der Waals surface area contributed by atoms with Gasteiger partial charge in [0, 0.05) is 19.6 Å². The average Bonchev–Trinajstić information content (AvgIpc) is 2.45. The Bertz CT molecular complexity index is 434. The molecule has 0 spiro atoms. The van der Waals surface area contributed by atoms with Crippen LogP contribution >= 0.6 is 11.6 Å². The van der Waals surface area contributed by atoms with E-state index in [9.17, 15) is 4.79 Å². The number of amides is 1. The highest BCUT2D eigenvalue weighted by Gasteiger charge is 2.19. The Hall–Kier alpha value is -1.33. The smallest absolute Gasteiger partial charge is 0.274 e. The molecule has 0 unspecified atom stereocenters. The molecule has 0 aliphatic carbocycles. The highest BCUT2D eigenvalue weighted by molar-refractivity contribution is 6.33. The van der Waals surface area contributed by atoms with Crippen LogP contribution in [0.5, 0.6) is 0 Å². The Balaban J connectivity index is 2.94. The predicted octanol–water partition coefficient (Wildman–Crippen LogP) is 2.40. The van der Waals surface area contributed by atoms with Gasteiger partial charge in [0.2, 0.25) is 0 Å². The van der Waals surface area contributed by atoms with E-state index in [1.165, 1.54) is 0 Å². The summed E-state index contributed by atoms with van der Waals surface area (Å²) in [6.45, 7) is 5.61. The molecule has 0 saturated carbocycles. The number of aliphatic hydroxyl groups is 1. The Morgan fingerprint density at radius 2 is 2.10 bits per heavy atom. The van der Waals surface area contributed by atoms with Gasteiger partial charge in [0.25, 0.3) is 5.91 Å². The number of carbonyl (C=O) groups is 1. The van der Waals surface area contributed by atoms with E-state index in [4.69, 9.17) is 16.7 Å². The fraction of sp³-hybridized carbons (Fsp3) is 0.571. The second-order valence-electron chi connectivity index (χ2n) is 4.47. The molecule has 5 nitrogen and oxygen atoms in total. The maximum Gasteiger partial charge on any atom is 0.274 e. The molecule has 0 aromatic carbocycles. The van der Waals surface area contributed by atoms with Crippen molar-refractivity contribution in [3.63, 3.8) is 0 Å². The number of pyridine rings is 1. The first-order chi connectivity index (χ1) is 9.63. The molecule has 1 amide bonds. The van der Waals surface area contributed by atoms with Gasteiger partial charge < -0.3 is 15.3 Å². The SMILES string of the molecule is CCCNc1ccc(Cl)c(C(=O)N(CCC)CCO)n1. The van der Waals surface area contributed by atoms with E-state index in [-0.39, 0.29) is 24.8 Å². The van der Waals surface area contributed by atoms with Crippen molar-refractivity contribution in [2.24, 2.45) is 0 Å². The maximum atomic E-state index is 12.4. The minimum Gasteiger partial charge on any atom is -0.395 e. The zero-order valence-corrected chi connectivity index (χ0v) is 12.8. The van der Waals surface area contributed by atoms with Gasteiger partial charge in [-0.05, 0) is 25.0 Å². The third-order valence-electron chi connectivity index (χ3n) is 2.76. The first kappa shape index (κ1) is 16.7. The first-order valence-electron chi connectivity index (χ1n) is 6.94. The van der Waals surface area contributed by atoms with Crippen molar-refractivity contribution < 1.29 is 9.90 Å². The van der Waals surface area contributed by atoms with Crippen LogP contribution in [0.2, 0.25) is 5.02 Å². The van der Waals surface area contributed by atoms with E-state index in [1.807, 2.05) is 6.92 Å². The number of nitrogens with zero attached hydrogens (tertiary/aromatic N) is 2. The van der Waals surface area contributed by atoms with Gasteiger partial charge in [-0.15, -0.1) is 0 Å². The number of halogens is 1. The molecule has 0 radical (unpaired) electrons. The number of hydrogen-bond donors (Lipinski definition) is 2. The number of carbonyl (C=O) groups excluding carboxylic acids is 1. The van der Waals surface area contributed by atoms with Gasteiger partial charge in [-0.2, -0.15) is 0 Å². The van der Waals surface area contributed by atoms with Crippen LogP contribution in [0.4, 0.5) is 5.82 Å². The number of aliphatic hydroxyl groups excluding tert-OH is 1. The van der Waals surface area contributed by atoms with Crippen molar-refractivity contribution in [1.29, 1.82) is 0 Å². The quantitative estimate of drug-likeness (QED) is 0.773. The van der Waals surface area contributed by atoms with E-state index in [0.29, 0.717) is 17.4 Å². The van der Waals surface area contributed by atoms with Gasteiger partial charge in [-0.1, -0.05) is 25.4 Å². The molecule has 20 heavy (non-hydrogen) atoms. The normalized spacial score (nSPS) is 10.4. The molecule has 1 heterocycles. The molecule has 2 N–H and O–H groups in total. The largest absolute Gasteiger partial charge is 0.395 e. The minimum atomic E-state index is -0.244. The van der Waals surface area contributed by atoms with Crippen LogP contribution < -0.4 is 5.32 Å². The zero-order chi connectivity index (χ0) is 15.0. The summed E-state index contributed by atoms with van der Waals surface area (Å²) in [6, 6.07) is 3.42. The second-order valence-corrected chi connectivity index (χ2v) is 4.88. The van der Waals surface area contributed by atoms with E-state index >= 15 is 0 Å². The van der Waals surface area contributed by atoms with Gasteiger partial charge in [0.15, 0.2) is 0 Å². The third kappa shape index (κ3) is 4.65. The lowest BCUT2D eigenvalue weighted by molar-refractivity contribution is 0.0716. The van der Waals surface area contributed by atoms with Crippen molar-refractivity contribution in [3.05, 3.63) is 22.8 Å². The highest BCUT2D eigenvalue weighted by Crippen LogP contribution is 2.18. The number of nitrogens with one attached hydrogen (secondary N) is 1. The molecule has 1 aromatic heterocycles. The highest BCUT2D eigenvalue weighted by atomic mass is 35.5. The lowest BCUT2D eigenvalue weighted by atomic mass is 10.3. The first-order valence-corrected chi connectivity index (χ1v) is 7.32. The van der Waals surface area contributed by atoms with Gasteiger partial charge in [0.05, 0.1) is 11.6 Å². The van der Waals surface area contributed by atoms with Crippen LogP contribution in [0.15, 0.2) is 12.1 Å². The average molecular weight is 300 g/mol. The summed E-state index contributed by atoms with van der Waals surface area (Å²) >= 11 is 6.07. The van der Waals surface area contributed by atoms with Gasteiger partial charge >= 0.3 is 0 Å². The van der Waals surface area contributed by atoms with Crippen molar-refractivity contribution in [2.75, 3.05) is 31.6 Å². The summed E-state index contributed by atoms with van der Waals surface area (Å²) < 4.78 is 0. The molecule has 0 aliphatic rings. The zero-order valence-electron chi connectivity index (χ0n) is 12.0. The van der Waals surface area contributed by atoms with Crippen LogP contribution in [-0.4, -0.2) is 47.1 Å². The lowest BCUT2D eigenvalue weighted by Gasteiger charge is -2.21. The number of hydrogen-bond acceptors (Lipinski definition) is 4. The molecule has 1 rings (SSSR count). The van der Waals surface area contributed by atoms with Gasteiger partial charge in [-0.25, -0.2) is 4.98 Å². The monoisotopic (exact) mass is 299 g/mol. The molecule has 112 valence electrons. The Kier molecular flexibility index (Phi) is 7.33. The summed E-state index contributed by atoms with van der Waals surface area (Å²) in [5, 5.41) is 12.5. The molecule has 0 fully saturated rings. The fourth-order valence-electron chi connectivity index (χ4n) is 1.80. The van der Waals surface area contributed by atoms with Crippen LogP contribution in [0.25, 0.3) is 0 Å². The fourth-order valence-corrected chi connectivity index (χ4v) is 1.99. The standard InChI is InChI=1S/C14H22ClN3O2/c1-3-7-16-12-6-5-11(15)13(17-12)14(20)18(8-4-2)9-10-19/h5-6,19H,3-4,7-10H2,1-2H3,(H,16,17). The van der Waals surface area contributed by atoms with E-state index in [0.717, 1.165) is 19.4 Å². The number of anilines is 1. The van der Waals surface area contributed by atoms with Crippen LogP contribution in [0.3, 0.4) is 0 Å². The molecule has 0 bridgehead atoms. The summed E-state index contributed by atoms with van der Waals surface area (Å²) in [4.78, 5) is 18.3. The Labute approximate surface area is 125 Å². The number of rotatable bonds is 8. The third-order valence-corrected chi connectivity index (χ3v) is 3.06. The summed E-state index contributed by atoms with van der Waals surface area (Å²) in [5.41, 5.74) is 0.231. The van der Waals surface area contributed by atoms with Gasteiger partial charge in [-0.3, -0.25) is 4.79 Å². The molecule has 6 heteroatoms. The molecule has 0 aliphatic heterocycles. The van der Waals surface area contributed by atoms with Crippen molar-refractivity contribution in [3.8, 4) is 0 Å². The van der Waals surface area contributed by atoms with Crippen molar-refractivity contribution in [2.45, 2.75) is 26.7 Å². The van der Waals surface area contributed by atoms with Crippen LogP contribution in [-0.2, 0) is 0 Å². The molecular formula is C14H22ClN3O2. The molecule has 0 saturated heterocycles. The predicted molar refractivity (Wildman–Crippen MR) is 81.3 cm³/mol. The molecule has 1 aromatic rings. The van der Waals surface area contributed by atoms with Crippen LogP contribution in [0, 0.1) is 0 Å². The molecule has 0 atom stereocenters. The van der Waals surface area contributed by atoms with Crippen molar-refractivity contribution >= 4 is 23.3 Å². The van der Waals surface area contributed by atoms with Crippen molar-refractivity contribution in [1.82, 2.24) is 9.88 Å². The lowest BCUT2D eigenvalue weighted by Crippen LogP contribution is -2.35. The Morgan fingerprint density at radius 3 is 2.70 bits per heavy atom. The summed E-state index contributed by atoms with van der Waals surface area (Å²) in [5.74, 6) is 0.395. The van der Waals surface area contributed by atoms with E-state index in [2.05, 4.69) is 17.2 Å². The summed E-state index contributed by atoms with van der Waals surface area (Å²) in [7, 11) is 0. The van der Waals surface area contributed by atoms with E-state index < -0.39 is 0 Å².